The summed E-state index contributed by atoms with van der Waals surface area (Å²) in [5.41, 5.74) is 2.65. The molecule has 0 fully saturated rings. The van der Waals surface area contributed by atoms with Crippen LogP contribution in [0.5, 0.6) is 11.5 Å². The number of amides is 1. The molecule has 0 aliphatic carbocycles. The van der Waals surface area contributed by atoms with Gasteiger partial charge in [0, 0.05) is 6.42 Å². The van der Waals surface area contributed by atoms with Crippen molar-refractivity contribution in [3.8, 4) is 11.5 Å². The van der Waals surface area contributed by atoms with Crippen LogP contribution in [0.3, 0.4) is 0 Å². The fourth-order valence-electron chi connectivity index (χ4n) is 2.97. The molecule has 1 amide bonds. The maximum Gasteiger partial charge on any atom is 0.330 e. The van der Waals surface area contributed by atoms with Gasteiger partial charge in [-0.3, -0.25) is 4.79 Å². The number of carboxylic acids is 1. The summed E-state index contributed by atoms with van der Waals surface area (Å²) in [5.74, 6) is 0.130. The number of hydrogen-bond donors (Lipinski definition) is 2. The van der Waals surface area contributed by atoms with E-state index in [1.807, 2.05) is 12.1 Å². The molecule has 0 saturated heterocycles. The molecule has 142 valence electrons. The molecule has 1 atom stereocenters. The van der Waals surface area contributed by atoms with Gasteiger partial charge in [-0.1, -0.05) is 32.0 Å². The molecule has 1 heterocycles. The van der Waals surface area contributed by atoms with Crippen molar-refractivity contribution < 1.29 is 24.2 Å². The zero-order chi connectivity index (χ0) is 19.4. The minimum absolute atomic E-state index is 0.251. The van der Waals surface area contributed by atoms with Crippen LogP contribution in [0.2, 0.25) is 0 Å². The average molecular weight is 369 g/mol. The summed E-state index contributed by atoms with van der Waals surface area (Å²) in [4.78, 5) is 23.8. The van der Waals surface area contributed by atoms with Crippen molar-refractivity contribution >= 4 is 11.9 Å². The second kappa shape index (κ2) is 8.12. The van der Waals surface area contributed by atoms with E-state index in [0.29, 0.717) is 23.8 Å². The minimum atomic E-state index is -1.13. The van der Waals surface area contributed by atoms with Crippen molar-refractivity contribution in [1.82, 2.24) is 5.32 Å². The Bertz CT molecular complexity index is 829. The Hall–Kier alpha value is -3.02. The normalized spacial score (nSPS) is 13.6. The molecule has 2 aromatic carbocycles. The molecule has 27 heavy (non-hydrogen) atoms. The van der Waals surface area contributed by atoms with E-state index in [0.717, 1.165) is 17.7 Å². The van der Waals surface area contributed by atoms with E-state index >= 15 is 0 Å². The molecule has 1 aliphatic heterocycles. The Morgan fingerprint density at radius 2 is 1.85 bits per heavy atom. The summed E-state index contributed by atoms with van der Waals surface area (Å²) in [6.45, 7) is 4.53. The second-order valence-corrected chi connectivity index (χ2v) is 6.82. The Morgan fingerprint density at radius 1 is 1.15 bits per heavy atom. The van der Waals surface area contributed by atoms with Crippen molar-refractivity contribution in [1.29, 1.82) is 0 Å². The first-order valence-electron chi connectivity index (χ1n) is 8.94. The number of carbonyl (C=O) groups excluding carboxylic acids is 1. The third-order valence-electron chi connectivity index (χ3n) is 4.52. The number of aliphatic carboxylic acids is 1. The van der Waals surface area contributed by atoms with Crippen LogP contribution in [0.1, 0.15) is 42.5 Å². The van der Waals surface area contributed by atoms with Gasteiger partial charge in [-0.2, -0.15) is 0 Å². The molecule has 2 aromatic rings. The molecule has 1 aliphatic rings. The average Bonchev–Trinajstić information content (AvgIpc) is 3.12. The summed E-state index contributed by atoms with van der Waals surface area (Å²) in [6.07, 6.45) is 0.735. The first kappa shape index (κ1) is 18.8. The first-order valence-corrected chi connectivity index (χ1v) is 8.94. The van der Waals surface area contributed by atoms with Crippen LogP contribution in [-0.4, -0.2) is 30.2 Å². The van der Waals surface area contributed by atoms with Crippen molar-refractivity contribution in [2.24, 2.45) is 0 Å². The number of nitrogens with one attached hydrogen (secondary N) is 1. The Labute approximate surface area is 158 Å². The molecule has 0 aromatic heterocycles. The van der Waals surface area contributed by atoms with E-state index < -0.39 is 17.9 Å². The predicted molar refractivity (Wildman–Crippen MR) is 100 cm³/mol. The zero-order valence-electron chi connectivity index (χ0n) is 15.4. The van der Waals surface area contributed by atoms with Crippen LogP contribution in [-0.2, 0) is 16.0 Å². The smallest absolute Gasteiger partial charge is 0.330 e. The van der Waals surface area contributed by atoms with E-state index in [2.05, 4.69) is 19.2 Å². The van der Waals surface area contributed by atoms with E-state index in [1.165, 1.54) is 5.56 Å². The van der Waals surface area contributed by atoms with Crippen molar-refractivity contribution in [3.63, 3.8) is 0 Å². The highest BCUT2D eigenvalue weighted by Crippen LogP contribution is 2.28. The zero-order valence-corrected chi connectivity index (χ0v) is 15.4. The number of rotatable bonds is 7. The summed E-state index contributed by atoms with van der Waals surface area (Å²) < 4.78 is 10.9. The van der Waals surface area contributed by atoms with Gasteiger partial charge in [-0.25, -0.2) is 4.79 Å². The van der Waals surface area contributed by atoms with Gasteiger partial charge in [-0.05, 0) is 46.9 Å². The lowest BCUT2D eigenvalue weighted by atomic mass is 10.0. The van der Waals surface area contributed by atoms with Crippen LogP contribution in [0.15, 0.2) is 42.5 Å². The lowest BCUT2D eigenvalue weighted by Gasteiger charge is -2.16. The monoisotopic (exact) mass is 369 g/mol. The molecule has 6 nitrogen and oxygen atoms in total. The lowest BCUT2D eigenvalue weighted by Crippen LogP contribution is -2.36. The van der Waals surface area contributed by atoms with Crippen LogP contribution in [0.4, 0.5) is 0 Å². The second-order valence-electron chi connectivity index (χ2n) is 6.82. The van der Waals surface area contributed by atoms with Crippen molar-refractivity contribution in [2.75, 3.05) is 13.2 Å². The van der Waals surface area contributed by atoms with Gasteiger partial charge in [0.15, 0.2) is 12.6 Å². The minimum Gasteiger partial charge on any atom is -0.493 e. The number of benzene rings is 2. The Balaban J connectivity index is 1.61. The highest BCUT2D eigenvalue weighted by molar-refractivity contribution is 5.85. The lowest BCUT2D eigenvalue weighted by molar-refractivity contribution is -0.142. The fraction of sp³-hybridized carbons (Fsp3) is 0.333. The van der Waals surface area contributed by atoms with Gasteiger partial charge in [0.05, 0.1) is 6.61 Å². The molecule has 1 unspecified atom stereocenters. The Kier molecular flexibility index (Phi) is 5.64. The number of fused-ring (bicyclic) bond motifs is 1. The molecule has 3 rings (SSSR count). The molecule has 6 heteroatoms. The van der Waals surface area contributed by atoms with Gasteiger partial charge < -0.3 is 19.9 Å². The van der Waals surface area contributed by atoms with E-state index in [1.54, 1.807) is 30.3 Å². The quantitative estimate of drug-likeness (QED) is 0.783. The largest absolute Gasteiger partial charge is 0.493 e. The molecular formula is C21H23NO5. The number of ether oxygens (including phenoxy) is 2. The van der Waals surface area contributed by atoms with Crippen LogP contribution in [0, 0.1) is 0 Å². The van der Waals surface area contributed by atoms with Gasteiger partial charge in [0.1, 0.15) is 11.5 Å². The Morgan fingerprint density at radius 3 is 2.52 bits per heavy atom. The number of hydrogen-bond acceptors (Lipinski definition) is 4. The maximum absolute atomic E-state index is 12.2. The fourth-order valence-corrected chi connectivity index (χ4v) is 2.97. The molecule has 0 saturated carbocycles. The van der Waals surface area contributed by atoms with Gasteiger partial charge in [0.2, 0.25) is 0 Å². The summed E-state index contributed by atoms with van der Waals surface area (Å²) in [7, 11) is 0. The van der Waals surface area contributed by atoms with E-state index in [4.69, 9.17) is 9.47 Å². The highest BCUT2D eigenvalue weighted by atomic mass is 16.5. The topological polar surface area (TPSA) is 84.9 Å². The number of carboxylic acid groups (broad SMARTS) is 1. The van der Waals surface area contributed by atoms with Crippen molar-refractivity contribution in [2.45, 2.75) is 32.2 Å². The summed E-state index contributed by atoms with van der Waals surface area (Å²) >= 11 is 0. The molecule has 0 bridgehead atoms. The molecular weight excluding hydrogens is 346 g/mol. The first-order chi connectivity index (χ1) is 12.9. The standard InChI is InChI=1S/C21H23NO5/c1-13(2)14-3-6-17(7-4-14)27-12-19(23)22-20(21(24)25)16-5-8-18-15(11-16)9-10-26-18/h3-8,11,13,20H,9-10,12H2,1-2H3,(H,22,23)(H,24,25). The highest BCUT2D eigenvalue weighted by Gasteiger charge is 2.24. The van der Waals surface area contributed by atoms with Crippen LogP contribution >= 0.6 is 0 Å². The molecule has 0 spiro atoms. The summed E-state index contributed by atoms with van der Waals surface area (Å²) in [5, 5.41) is 12.0. The van der Waals surface area contributed by atoms with Gasteiger partial charge >= 0.3 is 5.97 Å². The van der Waals surface area contributed by atoms with Crippen molar-refractivity contribution in [3.05, 3.63) is 59.2 Å². The molecule has 0 radical (unpaired) electrons. The number of carbonyl (C=O) groups is 2. The van der Waals surface area contributed by atoms with E-state index in [9.17, 15) is 14.7 Å². The van der Waals surface area contributed by atoms with E-state index in [-0.39, 0.29) is 6.61 Å². The third kappa shape index (κ3) is 4.58. The molecule has 2 N–H and O–H groups in total. The van der Waals surface area contributed by atoms with Crippen LogP contribution in [0.25, 0.3) is 0 Å². The third-order valence-corrected chi connectivity index (χ3v) is 4.52. The van der Waals surface area contributed by atoms with Crippen LogP contribution < -0.4 is 14.8 Å². The maximum atomic E-state index is 12.2. The summed E-state index contributed by atoms with van der Waals surface area (Å²) in [6, 6.07) is 11.6. The van der Waals surface area contributed by atoms with Gasteiger partial charge in [-0.15, -0.1) is 0 Å². The SMILES string of the molecule is CC(C)c1ccc(OCC(=O)NC(C(=O)O)c2ccc3c(c2)CCO3)cc1. The predicted octanol–water partition coefficient (Wildman–Crippen LogP) is 3.07. The van der Waals surface area contributed by atoms with Gasteiger partial charge in [0.25, 0.3) is 5.91 Å².